The molecule has 0 radical (unpaired) electrons. The molecule has 6 nitrogen and oxygen atoms in total. The monoisotopic (exact) mass is 327 g/mol. The third-order valence-corrected chi connectivity index (χ3v) is 4.21. The first-order chi connectivity index (χ1) is 11.7. The Morgan fingerprint density at radius 1 is 1.21 bits per heavy atom. The first-order valence-corrected chi connectivity index (χ1v) is 7.84. The van der Waals surface area contributed by atoms with E-state index < -0.39 is 0 Å². The van der Waals surface area contributed by atoms with Crippen LogP contribution in [0.5, 0.6) is 11.5 Å². The SMILES string of the molecule is COc1ccc(C2(NC(=O)NCc3cccnc3)CC2)cc1OC. The van der Waals surface area contributed by atoms with Gasteiger partial charge >= 0.3 is 6.03 Å². The van der Waals surface area contributed by atoms with Crippen LogP contribution in [0.15, 0.2) is 42.7 Å². The molecule has 0 saturated heterocycles. The molecule has 6 heteroatoms. The molecule has 0 spiro atoms. The van der Waals surface area contributed by atoms with E-state index in [0.717, 1.165) is 24.0 Å². The third-order valence-electron chi connectivity index (χ3n) is 4.21. The maximum absolute atomic E-state index is 12.2. The first kappa shape index (κ1) is 16.1. The van der Waals surface area contributed by atoms with Crippen molar-refractivity contribution in [3.8, 4) is 11.5 Å². The number of urea groups is 1. The molecular weight excluding hydrogens is 306 g/mol. The number of pyridine rings is 1. The molecule has 24 heavy (non-hydrogen) atoms. The van der Waals surface area contributed by atoms with E-state index in [1.54, 1.807) is 26.6 Å². The summed E-state index contributed by atoms with van der Waals surface area (Å²) in [4.78, 5) is 16.3. The Kier molecular flexibility index (Phi) is 4.55. The standard InChI is InChI=1S/C18H21N3O3/c1-23-15-6-5-14(10-16(15)24-2)18(7-8-18)21-17(22)20-12-13-4-3-9-19-11-13/h3-6,9-11H,7-8,12H2,1-2H3,(H2,20,21,22). The van der Waals surface area contributed by atoms with Gasteiger partial charge in [-0.3, -0.25) is 4.98 Å². The minimum atomic E-state index is -0.321. The van der Waals surface area contributed by atoms with Gasteiger partial charge in [0.25, 0.3) is 0 Å². The number of amides is 2. The van der Waals surface area contributed by atoms with E-state index in [9.17, 15) is 4.79 Å². The van der Waals surface area contributed by atoms with Crippen LogP contribution in [-0.2, 0) is 12.1 Å². The number of nitrogens with one attached hydrogen (secondary N) is 2. The van der Waals surface area contributed by atoms with Crippen LogP contribution >= 0.6 is 0 Å². The minimum absolute atomic E-state index is 0.189. The summed E-state index contributed by atoms with van der Waals surface area (Å²) in [6.45, 7) is 0.446. The molecule has 1 saturated carbocycles. The lowest BCUT2D eigenvalue weighted by Gasteiger charge is -2.20. The highest BCUT2D eigenvalue weighted by Crippen LogP contribution is 2.47. The molecule has 0 bridgehead atoms. The molecule has 0 atom stereocenters. The first-order valence-electron chi connectivity index (χ1n) is 7.84. The minimum Gasteiger partial charge on any atom is -0.493 e. The van der Waals surface area contributed by atoms with Gasteiger partial charge in [0, 0.05) is 18.9 Å². The molecule has 0 unspecified atom stereocenters. The van der Waals surface area contributed by atoms with Gasteiger partial charge < -0.3 is 20.1 Å². The van der Waals surface area contributed by atoms with Crippen LogP contribution in [0.3, 0.4) is 0 Å². The Labute approximate surface area is 141 Å². The number of carbonyl (C=O) groups excluding carboxylic acids is 1. The molecule has 2 aromatic rings. The van der Waals surface area contributed by atoms with E-state index in [4.69, 9.17) is 9.47 Å². The molecule has 1 aliphatic rings. The number of ether oxygens (including phenoxy) is 2. The average molecular weight is 327 g/mol. The van der Waals surface area contributed by atoms with Crippen LogP contribution in [0.4, 0.5) is 4.79 Å². The highest BCUT2D eigenvalue weighted by atomic mass is 16.5. The second-order valence-corrected chi connectivity index (χ2v) is 5.82. The van der Waals surface area contributed by atoms with E-state index >= 15 is 0 Å². The lowest BCUT2D eigenvalue weighted by Crippen LogP contribution is -2.41. The van der Waals surface area contributed by atoms with E-state index in [1.165, 1.54) is 0 Å². The molecule has 1 fully saturated rings. The summed E-state index contributed by atoms with van der Waals surface area (Å²) in [6.07, 6.45) is 5.26. The molecule has 126 valence electrons. The van der Waals surface area contributed by atoms with E-state index in [1.807, 2.05) is 30.3 Å². The van der Waals surface area contributed by atoms with E-state index in [0.29, 0.717) is 18.0 Å². The second-order valence-electron chi connectivity index (χ2n) is 5.82. The van der Waals surface area contributed by atoms with Gasteiger partial charge in [-0.05, 0) is 42.2 Å². The van der Waals surface area contributed by atoms with Crippen LogP contribution in [0.25, 0.3) is 0 Å². The van der Waals surface area contributed by atoms with Crippen LogP contribution in [0.2, 0.25) is 0 Å². The summed E-state index contributed by atoms with van der Waals surface area (Å²) in [6, 6.07) is 9.34. The van der Waals surface area contributed by atoms with Crippen LogP contribution < -0.4 is 20.1 Å². The normalized spacial score (nSPS) is 14.6. The molecular formula is C18H21N3O3. The Hall–Kier alpha value is -2.76. The van der Waals surface area contributed by atoms with Crippen LogP contribution in [0.1, 0.15) is 24.0 Å². The van der Waals surface area contributed by atoms with Crippen LogP contribution in [0, 0.1) is 0 Å². The number of rotatable bonds is 6. The van der Waals surface area contributed by atoms with Crippen molar-refractivity contribution >= 4 is 6.03 Å². The molecule has 2 N–H and O–H groups in total. The van der Waals surface area contributed by atoms with Gasteiger partial charge in [0.2, 0.25) is 0 Å². The van der Waals surface area contributed by atoms with Gasteiger partial charge in [-0.25, -0.2) is 4.79 Å². The summed E-state index contributed by atoms with van der Waals surface area (Å²) in [5, 5.41) is 5.95. The fourth-order valence-corrected chi connectivity index (χ4v) is 2.69. The van der Waals surface area contributed by atoms with Crippen molar-refractivity contribution in [2.75, 3.05) is 14.2 Å². The summed E-state index contributed by atoms with van der Waals surface area (Å²) in [7, 11) is 3.21. The lowest BCUT2D eigenvalue weighted by atomic mass is 10.0. The summed E-state index contributed by atoms with van der Waals surface area (Å²) < 4.78 is 10.6. The van der Waals surface area contributed by atoms with Crippen molar-refractivity contribution in [2.45, 2.75) is 24.9 Å². The van der Waals surface area contributed by atoms with Crippen molar-refractivity contribution in [1.82, 2.24) is 15.6 Å². The molecule has 1 aromatic heterocycles. The highest BCUT2D eigenvalue weighted by molar-refractivity contribution is 5.75. The maximum Gasteiger partial charge on any atom is 0.315 e. The Bertz CT molecular complexity index is 715. The molecule has 1 aromatic carbocycles. The van der Waals surface area contributed by atoms with Crippen molar-refractivity contribution < 1.29 is 14.3 Å². The van der Waals surface area contributed by atoms with Gasteiger partial charge in [0.05, 0.1) is 19.8 Å². The molecule has 1 heterocycles. The molecule has 1 aliphatic carbocycles. The molecule has 2 amide bonds. The van der Waals surface area contributed by atoms with Crippen molar-refractivity contribution in [3.05, 3.63) is 53.9 Å². The Morgan fingerprint density at radius 3 is 2.62 bits per heavy atom. The van der Waals surface area contributed by atoms with Crippen molar-refractivity contribution in [3.63, 3.8) is 0 Å². The number of methoxy groups -OCH3 is 2. The number of carbonyl (C=O) groups is 1. The van der Waals surface area contributed by atoms with Gasteiger partial charge in [0.1, 0.15) is 0 Å². The zero-order chi connectivity index (χ0) is 17.0. The lowest BCUT2D eigenvalue weighted by molar-refractivity contribution is 0.235. The summed E-state index contributed by atoms with van der Waals surface area (Å²) in [5.74, 6) is 1.34. The zero-order valence-electron chi connectivity index (χ0n) is 13.8. The third kappa shape index (κ3) is 3.42. The smallest absolute Gasteiger partial charge is 0.315 e. The van der Waals surface area contributed by atoms with Crippen LogP contribution in [-0.4, -0.2) is 25.2 Å². The number of benzene rings is 1. The number of hydrogen-bond acceptors (Lipinski definition) is 4. The number of hydrogen-bond donors (Lipinski definition) is 2. The van der Waals surface area contributed by atoms with Gasteiger partial charge in [-0.2, -0.15) is 0 Å². The second kappa shape index (κ2) is 6.78. The average Bonchev–Trinajstić information content (AvgIpc) is 3.41. The fraction of sp³-hybridized carbons (Fsp3) is 0.333. The quantitative estimate of drug-likeness (QED) is 0.855. The van der Waals surface area contributed by atoms with Gasteiger partial charge in [-0.15, -0.1) is 0 Å². The number of aromatic nitrogens is 1. The van der Waals surface area contributed by atoms with Crippen molar-refractivity contribution in [2.24, 2.45) is 0 Å². The maximum atomic E-state index is 12.2. The summed E-state index contributed by atoms with van der Waals surface area (Å²) >= 11 is 0. The van der Waals surface area contributed by atoms with Gasteiger partial charge in [0.15, 0.2) is 11.5 Å². The molecule has 3 rings (SSSR count). The van der Waals surface area contributed by atoms with Gasteiger partial charge in [-0.1, -0.05) is 12.1 Å². The Morgan fingerprint density at radius 2 is 2.00 bits per heavy atom. The van der Waals surface area contributed by atoms with Crippen molar-refractivity contribution in [1.29, 1.82) is 0 Å². The zero-order valence-corrected chi connectivity index (χ0v) is 13.8. The predicted molar refractivity (Wildman–Crippen MR) is 90.1 cm³/mol. The Balaban J connectivity index is 1.65. The highest BCUT2D eigenvalue weighted by Gasteiger charge is 2.46. The number of nitrogens with zero attached hydrogens (tertiary/aromatic N) is 1. The van der Waals surface area contributed by atoms with E-state index in [2.05, 4.69) is 15.6 Å². The van der Waals surface area contributed by atoms with E-state index in [-0.39, 0.29) is 11.6 Å². The largest absolute Gasteiger partial charge is 0.493 e. The topological polar surface area (TPSA) is 72.5 Å². The molecule has 0 aliphatic heterocycles. The fourth-order valence-electron chi connectivity index (χ4n) is 2.69. The predicted octanol–water partition coefficient (Wildman–Crippen LogP) is 2.59. The summed E-state index contributed by atoms with van der Waals surface area (Å²) in [5.41, 5.74) is 1.67.